The molecule has 0 radical (unpaired) electrons. The van der Waals surface area contributed by atoms with Gasteiger partial charge in [-0.15, -0.1) is 0 Å². The molecular weight excluding hydrogens is 304 g/mol. The van der Waals surface area contributed by atoms with Gasteiger partial charge in [0.15, 0.2) is 0 Å². The second kappa shape index (κ2) is 10.3. The summed E-state index contributed by atoms with van der Waals surface area (Å²) in [4.78, 5) is 21.9. The van der Waals surface area contributed by atoms with Crippen LogP contribution in [0.15, 0.2) is 49.1 Å². The van der Waals surface area contributed by atoms with Crippen LogP contribution in [0.4, 0.5) is 4.79 Å². The van der Waals surface area contributed by atoms with E-state index in [0.29, 0.717) is 19.6 Å². The first-order chi connectivity index (χ1) is 11.8. The molecule has 2 heterocycles. The number of nitrogens with one attached hydrogen (secondary N) is 1. The van der Waals surface area contributed by atoms with E-state index in [1.54, 1.807) is 29.7 Å². The second-order valence-corrected chi connectivity index (χ2v) is 5.51. The SMILES string of the molecule is O=C(NCCCc1ccncc1)N(CCO)CCc1ccncc1. The summed E-state index contributed by atoms with van der Waals surface area (Å²) in [7, 11) is 0. The summed E-state index contributed by atoms with van der Waals surface area (Å²) in [5, 5.41) is 12.1. The third kappa shape index (κ3) is 6.34. The average Bonchev–Trinajstić information content (AvgIpc) is 2.64. The van der Waals surface area contributed by atoms with Gasteiger partial charge in [0.2, 0.25) is 0 Å². The smallest absolute Gasteiger partial charge is 0.317 e. The highest BCUT2D eigenvalue weighted by atomic mass is 16.3. The molecule has 0 aliphatic rings. The lowest BCUT2D eigenvalue weighted by Crippen LogP contribution is -2.43. The fraction of sp³-hybridized carbons (Fsp3) is 0.389. The maximum absolute atomic E-state index is 12.2. The highest BCUT2D eigenvalue weighted by Gasteiger charge is 2.12. The summed E-state index contributed by atoms with van der Waals surface area (Å²) < 4.78 is 0. The molecule has 6 heteroatoms. The van der Waals surface area contributed by atoms with E-state index in [9.17, 15) is 4.79 Å². The Morgan fingerprint density at radius 2 is 1.54 bits per heavy atom. The molecule has 0 aromatic carbocycles. The van der Waals surface area contributed by atoms with Crippen LogP contribution < -0.4 is 5.32 Å². The first-order valence-electron chi connectivity index (χ1n) is 8.21. The molecule has 2 N–H and O–H groups in total. The Balaban J connectivity index is 1.72. The zero-order chi connectivity index (χ0) is 17.0. The van der Waals surface area contributed by atoms with E-state index in [2.05, 4.69) is 15.3 Å². The van der Waals surface area contributed by atoms with Gasteiger partial charge in [0, 0.05) is 44.4 Å². The normalized spacial score (nSPS) is 10.4. The molecule has 24 heavy (non-hydrogen) atoms. The van der Waals surface area contributed by atoms with Crippen molar-refractivity contribution in [3.63, 3.8) is 0 Å². The molecule has 0 saturated carbocycles. The summed E-state index contributed by atoms with van der Waals surface area (Å²) in [5.41, 5.74) is 2.34. The molecule has 0 atom stereocenters. The van der Waals surface area contributed by atoms with E-state index in [0.717, 1.165) is 24.8 Å². The second-order valence-electron chi connectivity index (χ2n) is 5.51. The Morgan fingerprint density at radius 3 is 2.12 bits per heavy atom. The molecule has 0 bridgehead atoms. The van der Waals surface area contributed by atoms with Crippen LogP contribution in [-0.4, -0.2) is 52.2 Å². The Morgan fingerprint density at radius 1 is 0.958 bits per heavy atom. The van der Waals surface area contributed by atoms with Crippen molar-refractivity contribution in [3.05, 3.63) is 60.2 Å². The number of nitrogens with zero attached hydrogens (tertiary/aromatic N) is 3. The number of carbonyl (C=O) groups is 1. The van der Waals surface area contributed by atoms with Crippen LogP contribution in [-0.2, 0) is 12.8 Å². The molecule has 2 aromatic heterocycles. The summed E-state index contributed by atoms with van der Waals surface area (Å²) in [6, 6.07) is 7.70. The Kier molecular flexibility index (Phi) is 7.70. The first kappa shape index (κ1) is 17.9. The van der Waals surface area contributed by atoms with Crippen molar-refractivity contribution in [1.29, 1.82) is 0 Å². The number of aliphatic hydroxyl groups excluding tert-OH is 1. The van der Waals surface area contributed by atoms with Crippen molar-refractivity contribution in [3.8, 4) is 0 Å². The number of pyridine rings is 2. The van der Waals surface area contributed by atoms with E-state index in [-0.39, 0.29) is 12.6 Å². The number of aryl methyl sites for hydroxylation is 1. The Bertz CT molecular complexity index is 592. The molecule has 128 valence electrons. The lowest BCUT2D eigenvalue weighted by molar-refractivity contribution is 0.178. The lowest BCUT2D eigenvalue weighted by Gasteiger charge is -2.22. The quantitative estimate of drug-likeness (QED) is 0.686. The van der Waals surface area contributed by atoms with Crippen LogP contribution >= 0.6 is 0 Å². The van der Waals surface area contributed by atoms with Crippen LogP contribution in [0.2, 0.25) is 0 Å². The maximum atomic E-state index is 12.2. The fourth-order valence-corrected chi connectivity index (χ4v) is 2.40. The molecule has 6 nitrogen and oxygen atoms in total. The first-order valence-corrected chi connectivity index (χ1v) is 8.21. The van der Waals surface area contributed by atoms with Crippen molar-refractivity contribution >= 4 is 6.03 Å². The summed E-state index contributed by atoms with van der Waals surface area (Å²) in [6.07, 6.45) is 9.54. The van der Waals surface area contributed by atoms with Crippen LogP contribution in [0, 0.1) is 0 Å². The molecule has 2 amide bonds. The Labute approximate surface area is 142 Å². The van der Waals surface area contributed by atoms with Crippen molar-refractivity contribution in [1.82, 2.24) is 20.2 Å². The zero-order valence-corrected chi connectivity index (χ0v) is 13.8. The fourth-order valence-electron chi connectivity index (χ4n) is 2.40. The van der Waals surface area contributed by atoms with Crippen molar-refractivity contribution < 1.29 is 9.90 Å². The molecule has 0 aliphatic carbocycles. The topological polar surface area (TPSA) is 78.4 Å². The number of rotatable bonds is 9. The van der Waals surface area contributed by atoms with Gasteiger partial charge in [0.1, 0.15) is 0 Å². The minimum Gasteiger partial charge on any atom is -0.395 e. The van der Waals surface area contributed by atoms with Crippen molar-refractivity contribution in [2.75, 3.05) is 26.2 Å². The van der Waals surface area contributed by atoms with Gasteiger partial charge in [0.25, 0.3) is 0 Å². The minimum atomic E-state index is -0.132. The lowest BCUT2D eigenvalue weighted by atomic mass is 10.1. The van der Waals surface area contributed by atoms with Gasteiger partial charge in [-0.3, -0.25) is 9.97 Å². The molecule has 2 aromatic rings. The van der Waals surface area contributed by atoms with Crippen LogP contribution in [0.25, 0.3) is 0 Å². The molecular formula is C18H24N4O2. The molecule has 2 rings (SSSR count). The van der Waals surface area contributed by atoms with Crippen molar-refractivity contribution in [2.24, 2.45) is 0 Å². The van der Waals surface area contributed by atoms with Gasteiger partial charge in [-0.25, -0.2) is 4.79 Å². The standard InChI is InChI=1S/C18H24N4O2/c23-15-14-22(13-7-17-5-11-20-12-6-17)18(24)21-8-1-2-16-3-9-19-10-4-16/h3-6,9-12,23H,1-2,7-8,13-15H2,(H,21,24). The molecule has 0 aliphatic heterocycles. The number of hydrogen-bond donors (Lipinski definition) is 2. The number of aliphatic hydroxyl groups is 1. The van der Waals surface area contributed by atoms with E-state index in [1.165, 1.54) is 5.56 Å². The van der Waals surface area contributed by atoms with E-state index in [1.807, 2.05) is 24.3 Å². The minimum absolute atomic E-state index is 0.0409. The summed E-state index contributed by atoms with van der Waals surface area (Å²) in [6.45, 7) is 1.47. The van der Waals surface area contributed by atoms with Gasteiger partial charge in [-0.1, -0.05) is 0 Å². The highest BCUT2D eigenvalue weighted by Crippen LogP contribution is 2.02. The third-order valence-corrected chi connectivity index (χ3v) is 3.74. The van der Waals surface area contributed by atoms with E-state index in [4.69, 9.17) is 5.11 Å². The molecule has 0 spiro atoms. The molecule has 0 saturated heterocycles. The zero-order valence-electron chi connectivity index (χ0n) is 13.8. The van der Waals surface area contributed by atoms with Gasteiger partial charge in [-0.2, -0.15) is 0 Å². The van der Waals surface area contributed by atoms with Gasteiger partial charge >= 0.3 is 6.03 Å². The molecule has 0 fully saturated rings. The Hall–Kier alpha value is -2.47. The maximum Gasteiger partial charge on any atom is 0.317 e. The average molecular weight is 328 g/mol. The summed E-state index contributed by atoms with van der Waals surface area (Å²) >= 11 is 0. The third-order valence-electron chi connectivity index (χ3n) is 3.74. The van der Waals surface area contributed by atoms with Crippen LogP contribution in [0.1, 0.15) is 17.5 Å². The number of hydrogen-bond acceptors (Lipinski definition) is 4. The van der Waals surface area contributed by atoms with Crippen LogP contribution in [0.3, 0.4) is 0 Å². The highest BCUT2D eigenvalue weighted by molar-refractivity contribution is 5.74. The predicted molar refractivity (Wildman–Crippen MR) is 92.6 cm³/mol. The molecule has 0 unspecified atom stereocenters. The van der Waals surface area contributed by atoms with Crippen LogP contribution in [0.5, 0.6) is 0 Å². The predicted octanol–water partition coefficient (Wildman–Crippen LogP) is 1.66. The number of carbonyl (C=O) groups excluding carboxylic acids is 1. The number of urea groups is 1. The number of amides is 2. The van der Waals surface area contributed by atoms with E-state index < -0.39 is 0 Å². The monoisotopic (exact) mass is 328 g/mol. The largest absolute Gasteiger partial charge is 0.395 e. The van der Waals surface area contributed by atoms with Gasteiger partial charge in [0.05, 0.1) is 6.61 Å². The summed E-state index contributed by atoms with van der Waals surface area (Å²) in [5.74, 6) is 0. The van der Waals surface area contributed by atoms with Crippen molar-refractivity contribution in [2.45, 2.75) is 19.3 Å². The van der Waals surface area contributed by atoms with Gasteiger partial charge < -0.3 is 15.3 Å². The van der Waals surface area contributed by atoms with Gasteiger partial charge in [-0.05, 0) is 54.7 Å². The number of aromatic nitrogens is 2. The van der Waals surface area contributed by atoms with E-state index >= 15 is 0 Å².